The summed E-state index contributed by atoms with van der Waals surface area (Å²) in [4.78, 5) is 23.8. The second kappa shape index (κ2) is 5.83. The number of hydrogen-bond donors (Lipinski definition) is 0. The Morgan fingerprint density at radius 3 is 2.92 bits per heavy atom. The molecule has 1 aromatic carbocycles. The molecule has 7 nitrogen and oxygen atoms in total. The van der Waals surface area contributed by atoms with Crippen molar-refractivity contribution in [2.24, 2.45) is 7.05 Å². The molecule has 1 atom stereocenters. The third-order valence-corrected chi connectivity index (χ3v) is 4.61. The van der Waals surface area contributed by atoms with E-state index in [1.165, 1.54) is 0 Å². The number of hydrogen-bond acceptors (Lipinski definition) is 6. The monoisotopic (exact) mass is 325 g/mol. The zero-order valence-corrected chi connectivity index (χ0v) is 13.8. The molecule has 3 aromatic rings. The number of para-hydroxylation sites is 1. The molecule has 1 aliphatic heterocycles. The Morgan fingerprint density at radius 2 is 2.12 bits per heavy atom. The highest BCUT2D eigenvalue weighted by molar-refractivity contribution is 5.77. The van der Waals surface area contributed by atoms with Crippen LogP contribution in [-0.4, -0.2) is 37.7 Å². The third-order valence-electron chi connectivity index (χ3n) is 4.61. The predicted molar refractivity (Wildman–Crippen MR) is 88.7 cm³/mol. The summed E-state index contributed by atoms with van der Waals surface area (Å²) in [5.74, 6) is 2.40. The van der Waals surface area contributed by atoms with E-state index in [9.17, 15) is 4.79 Å². The highest BCUT2D eigenvalue weighted by atomic mass is 16.5. The van der Waals surface area contributed by atoms with Gasteiger partial charge in [-0.3, -0.25) is 14.3 Å². The molecule has 0 aliphatic carbocycles. The van der Waals surface area contributed by atoms with Gasteiger partial charge in [0.05, 0.1) is 23.4 Å². The fourth-order valence-electron chi connectivity index (χ4n) is 3.26. The zero-order valence-electron chi connectivity index (χ0n) is 13.8. The van der Waals surface area contributed by atoms with Gasteiger partial charge in [0, 0.05) is 13.6 Å². The molecule has 124 valence electrons. The third kappa shape index (κ3) is 2.60. The van der Waals surface area contributed by atoms with E-state index in [4.69, 9.17) is 4.52 Å². The van der Waals surface area contributed by atoms with E-state index in [0.29, 0.717) is 23.6 Å². The van der Waals surface area contributed by atoms with E-state index >= 15 is 0 Å². The number of fused-ring (bicyclic) bond motifs is 1. The molecule has 7 heteroatoms. The number of aryl methyl sites for hydroxylation is 1. The Morgan fingerprint density at radius 1 is 1.29 bits per heavy atom. The minimum atomic E-state index is -0.00104. The average Bonchev–Trinajstić information content (AvgIpc) is 3.21. The highest BCUT2D eigenvalue weighted by Gasteiger charge is 2.28. The van der Waals surface area contributed by atoms with E-state index in [1.807, 2.05) is 31.2 Å². The molecule has 0 spiro atoms. The van der Waals surface area contributed by atoms with Crippen molar-refractivity contribution in [3.05, 3.63) is 52.2 Å². The molecule has 1 fully saturated rings. The summed E-state index contributed by atoms with van der Waals surface area (Å²) in [6, 6.07) is 7.47. The van der Waals surface area contributed by atoms with E-state index < -0.39 is 0 Å². The minimum absolute atomic E-state index is 0.00104. The van der Waals surface area contributed by atoms with E-state index in [2.05, 4.69) is 20.0 Å². The van der Waals surface area contributed by atoms with Crippen LogP contribution in [0.4, 0.5) is 0 Å². The van der Waals surface area contributed by atoms with Crippen LogP contribution in [0.1, 0.15) is 29.9 Å². The number of nitrogens with zero attached hydrogens (tertiary/aromatic N) is 5. The van der Waals surface area contributed by atoms with E-state index in [-0.39, 0.29) is 11.5 Å². The molecule has 1 saturated heterocycles. The lowest BCUT2D eigenvalue weighted by molar-refractivity contribution is 0.298. The van der Waals surface area contributed by atoms with Gasteiger partial charge in [0.15, 0.2) is 5.82 Å². The minimum Gasteiger partial charge on any atom is -0.339 e. The lowest BCUT2D eigenvalue weighted by Crippen LogP contribution is -2.28. The number of aromatic nitrogens is 4. The molecule has 0 amide bonds. The number of rotatable bonds is 3. The van der Waals surface area contributed by atoms with Gasteiger partial charge in [0.2, 0.25) is 5.89 Å². The van der Waals surface area contributed by atoms with Crippen molar-refractivity contribution in [3.8, 4) is 0 Å². The van der Waals surface area contributed by atoms with Gasteiger partial charge in [-0.1, -0.05) is 17.3 Å². The first-order valence-corrected chi connectivity index (χ1v) is 8.09. The summed E-state index contributed by atoms with van der Waals surface area (Å²) in [6.07, 6.45) is 0.975. The Labute approximate surface area is 138 Å². The topological polar surface area (TPSA) is 77.0 Å². The maximum absolute atomic E-state index is 12.5. The van der Waals surface area contributed by atoms with Crippen molar-refractivity contribution in [2.45, 2.75) is 25.8 Å². The quantitative estimate of drug-likeness (QED) is 0.728. The number of likely N-dealkylation sites (tertiary alicyclic amines) is 1. The Bertz CT molecular complexity index is 946. The molecule has 1 aliphatic rings. The fourth-order valence-corrected chi connectivity index (χ4v) is 3.26. The summed E-state index contributed by atoms with van der Waals surface area (Å²) in [6.45, 7) is 4.23. The van der Waals surface area contributed by atoms with Crippen LogP contribution in [-0.2, 0) is 13.6 Å². The van der Waals surface area contributed by atoms with Crippen LogP contribution in [0, 0.1) is 6.92 Å². The van der Waals surface area contributed by atoms with E-state index in [0.717, 1.165) is 30.9 Å². The van der Waals surface area contributed by atoms with Gasteiger partial charge in [-0.25, -0.2) is 4.98 Å². The van der Waals surface area contributed by atoms with Gasteiger partial charge in [-0.2, -0.15) is 4.98 Å². The molecule has 4 rings (SSSR count). The average molecular weight is 325 g/mol. The maximum Gasteiger partial charge on any atom is 0.261 e. The normalized spacial score (nSPS) is 18.5. The SMILES string of the molecule is Cc1noc(C2CCN(Cc3nc4ccccc4c(=O)n3C)C2)n1. The summed E-state index contributed by atoms with van der Waals surface area (Å²) < 4.78 is 6.93. The largest absolute Gasteiger partial charge is 0.339 e. The second-order valence-corrected chi connectivity index (χ2v) is 6.31. The highest BCUT2D eigenvalue weighted by Crippen LogP contribution is 2.26. The molecule has 1 unspecified atom stereocenters. The summed E-state index contributed by atoms with van der Waals surface area (Å²) in [5, 5.41) is 4.52. The van der Waals surface area contributed by atoms with Crippen LogP contribution < -0.4 is 5.56 Å². The molecule has 0 bridgehead atoms. The Balaban J connectivity index is 1.57. The molecule has 2 aromatic heterocycles. The zero-order chi connectivity index (χ0) is 16.7. The Kier molecular flexibility index (Phi) is 3.65. The van der Waals surface area contributed by atoms with Gasteiger partial charge in [0.25, 0.3) is 5.56 Å². The molecule has 3 heterocycles. The van der Waals surface area contributed by atoms with Gasteiger partial charge >= 0.3 is 0 Å². The van der Waals surface area contributed by atoms with Crippen molar-refractivity contribution < 1.29 is 4.52 Å². The first kappa shape index (κ1) is 15.0. The van der Waals surface area contributed by atoms with Crippen molar-refractivity contribution in [1.29, 1.82) is 0 Å². The van der Waals surface area contributed by atoms with Crippen LogP contribution in [0.25, 0.3) is 10.9 Å². The van der Waals surface area contributed by atoms with Crippen molar-refractivity contribution in [3.63, 3.8) is 0 Å². The number of benzene rings is 1. The van der Waals surface area contributed by atoms with Gasteiger partial charge < -0.3 is 4.52 Å². The summed E-state index contributed by atoms with van der Waals surface area (Å²) >= 11 is 0. The second-order valence-electron chi connectivity index (χ2n) is 6.31. The van der Waals surface area contributed by atoms with Crippen LogP contribution >= 0.6 is 0 Å². The van der Waals surface area contributed by atoms with Gasteiger partial charge in [-0.15, -0.1) is 0 Å². The molecular weight excluding hydrogens is 306 g/mol. The fraction of sp³-hybridized carbons (Fsp3) is 0.412. The molecule has 0 N–H and O–H groups in total. The van der Waals surface area contributed by atoms with Crippen LogP contribution in [0.15, 0.2) is 33.6 Å². The van der Waals surface area contributed by atoms with Crippen molar-refractivity contribution in [2.75, 3.05) is 13.1 Å². The molecule has 0 radical (unpaired) electrons. The standard InChI is InChI=1S/C17H19N5O2/c1-11-18-16(24-20-11)12-7-8-22(9-12)10-15-19-14-6-4-3-5-13(14)17(23)21(15)2/h3-6,12H,7-10H2,1-2H3. The molecule has 0 saturated carbocycles. The smallest absolute Gasteiger partial charge is 0.261 e. The van der Waals surface area contributed by atoms with Crippen LogP contribution in [0.2, 0.25) is 0 Å². The summed E-state index contributed by atoms with van der Waals surface area (Å²) in [5.41, 5.74) is 0.748. The van der Waals surface area contributed by atoms with Gasteiger partial charge in [0.1, 0.15) is 5.82 Å². The maximum atomic E-state index is 12.5. The molecular formula is C17H19N5O2. The predicted octanol–water partition coefficient (Wildman–Crippen LogP) is 1.61. The van der Waals surface area contributed by atoms with Crippen molar-refractivity contribution in [1.82, 2.24) is 24.6 Å². The lowest BCUT2D eigenvalue weighted by atomic mass is 10.1. The summed E-state index contributed by atoms with van der Waals surface area (Å²) in [7, 11) is 1.78. The first-order chi connectivity index (χ1) is 11.6. The lowest BCUT2D eigenvalue weighted by Gasteiger charge is -2.17. The van der Waals surface area contributed by atoms with Crippen LogP contribution in [0.3, 0.4) is 0 Å². The molecule has 24 heavy (non-hydrogen) atoms. The van der Waals surface area contributed by atoms with Gasteiger partial charge in [-0.05, 0) is 32.0 Å². The Hall–Kier alpha value is -2.54. The van der Waals surface area contributed by atoms with E-state index in [1.54, 1.807) is 11.6 Å². The van der Waals surface area contributed by atoms with Crippen LogP contribution in [0.5, 0.6) is 0 Å². The van der Waals surface area contributed by atoms with Crippen molar-refractivity contribution >= 4 is 10.9 Å². The first-order valence-electron chi connectivity index (χ1n) is 8.09.